The second kappa shape index (κ2) is 7.88. The molecule has 0 amide bonds. The lowest BCUT2D eigenvalue weighted by Gasteiger charge is -2.29. The number of esters is 2. The summed E-state index contributed by atoms with van der Waals surface area (Å²) < 4.78 is 9.97. The number of methoxy groups -OCH3 is 2. The van der Waals surface area contributed by atoms with E-state index in [1.165, 1.54) is 14.2 Å². The van der Waals surface area contributed by atoms with E-state index in [4.69, 9.17) is 9.47 Å². The van der Waals surface area contributed by atoms with Crippen molar-refractivity contribution in [3.63, 3.8) is 0 Å². The molecular formula is C19H19NO4S2. The van der Waals surface area contributed by atoms with Crippen molar-refractivity contribution in [1.29, 1.82) is 0 Å². The molecule has 3 rings (SSSR count). The fourth-order valence-electron chi connectivity index (χ4n) is 2.88. The van der Waals surface area contributed by atoms with Gasteiger partial charge in [-0.1, -0.05) is 6.07 Å². The largest absolute Gasteiger partial charge is 0.466 e. The lowest BCUT2D eigenvalue weighted by Crippen LogP contribution is -2.28. The van der Waals surface area contributed by atoms with Crippen LogP contribution in [-0.2, 0) is 25.6 Å². The first-order valence-corrected chi connectivity index (χ1v) is 9.67. The fraction of sp³-hybridized carbons (Fsp3) is 0.263. The van der Waals surface area contributed by atoms with Gasteiger partial charge in [0.1, 0.15) is 0 Å². The SMILES string of the molecule is COC(=O)C1=CN(Cc2cccs2)C=C(C(=O)OC)C1c1ccc(C)s1. The number of carbonyl (C=O) groups excluding carboxylic acids is 2. The molecule has 1 aliphatic rings. The molecule has 7 heteroatoms. The molecule has 0 radical (unpaired) electrons. The highest BCUT2D eigenvalue weighted by atomic mass is 32.1. The average molecular weight is 389 g/mol. The molecule has 0 aromatic carbocycles. The number of nitrogens with zero attached hydrogens (tertiary/aromatic N) is 1. The van der Waals surface area contributed by atoms with Crippen molar-refractivity contribution in [3.05, 3.63) is 67.8 Å². The van der Waals surface area contributed by atoms with Gasteiger partial charge in [-0.3, -0.25) is 0 Å². The van der Waals surface area contributed by atoms with Gasteiger partial charge in [0.05, 0.1) is 37.8 Å². The van der Waals surface area contributed by atoms with Crippen LogP contribution in [0.5, 0.6) is 0 Å². The Balaban J connectivity index is 2.06. The standard InChI is InChI=1S/C19H19NO4S2/c1-12-6-7-16(26-12)17-14(18(21)23-2)10-20(9-13-5-4-8-25-13)11-15(17)19(22)24-3/h4-8,10-11,17H,9H2,1-3H3. The normalized spacial score (nSPS) is 14.7. The number of aryl methyl sites for hydroxylation is 1. The van der Waals surface area contributed by atoms with Gasteiger partial charge in [0.15, 0.2) is 0 Å². The number of hydrogen-bond donors (Lipinski definition) is 0. The molecule has 3 heterocycles. The van der Waals surface area contributed by atoms with E-state index in [9.17, 15) is 9.59 Å². The molecule has 0 fully saturated rings. The second-order valence-corrected chi connectivity index (χ2v) is 8.14. The molecule has 0 bridgehead atoms. The van der Waals surface area contributed by atoms with Gasteiger partial charge in [0, 0.05) is 27.0 Å². The van der Waals surface area contributed by atoms with Crippen LogP contribution in [0.1, 0.15) is 20.5 Å². The van der Waals surface area contributed by atoms with Crippen LogP contribution in [0.4, 0.5) is 0 Å². The summed E-state index contributed by atoms with van der Waals surface area (Å²) in [4.78, 5) is 29.9. The van der Waals surface area contributed by atoms with Gasteiger partial charge in [-0.15, -0.1) is 22.7 Å². The minimum atomic E-state index is -0.492. The van der Waals surface area contributed by atoms with E-state index in [1.54, 1.807) is 35.1 Å². The monoisotopic (exact) mass is 389 g/mol. The third-order valence-electron chi connectivity index (χ3n) is 4.04. The predicted molar refractivity (Wildman–Crippen MR) is 102 cm³/mol. The minimum Gasteiger partial charge on any atom is -0.466 e. The topological polar surface area (TPSA) is 55.8 Å². The lowest BCUT2D eigenvalue weighted by molar-refractivity contribution is -0.137. The molecule has 0 spiro atoms. The van der Waals surface area contributed by atoms with Crippen molar-refractivity contribution in [1.82, 2.24) is 4.90 Å². The van der Waals surface area contributed by atoms with Crippen LogP contribution in [0.3, 0.4) is 0 Å². The van der Waals surface area contributed by atoms with E-state index in [2.05, 4.69) is 0 Å². The smallest absolute Gasteiger partial charge is 0.336 e. The lowest BCUT2D eigenvalue weighted by atomic mass is 9.88. The zero-order chi connectivity index (χ0) is 18.7. The maximum atomic E-state index is 12.5. The van der Waals surface area contributed by atoms with E-state index in [1.807, 2.05) is 41.5 Å². The number of carbonyl (C=O) groups is 2. The van der Waals surface area contributed by atoms with Crippen molar-refractivity contribution in [3.8, 4) is 0 Å². The number of ether oxygens (including phenoxy) is 2. The van der Waals surface area contributed by atoms with Gasteiger partial charge >= 0.3 is 11.9 Å². The molecule has 2 aromatic heterocycles. The van der Waals surface area contributed by atoms with Gasteiger partial charge in [-0.05, 0) is 30.5 Å². The Morgan fingerprint density at radius 3 is 2.19 bits per heavy atom. The maximum Gasteiger partial charge on any atom is 0.336 e. The van der Waals surface area contributed by atoms with Crippen molar-refractivity contribution in [2.45, 2.75) is 19.4 Å². The summed E-state index contributed by atoms with van der Waals surface area (Å²) in [7, 11) is 2.69. The fourth-order valence-corrected chi connectivity index (χ4v) is 4.61. The van der Waals surface area contributed by atoms with E-state index in [0.29, 0.717) is 17.7 Å². The Bertz CT molecular complexity index is 830. The van der Waals surface area contributed by atoms with Crippen molar-refractivity contribution in [2.24, 2.45) is 0 Å². The third kappa shape index (κ3) is 3.73. The predicted octanol–water partition coefficient (Wildman–Crippen LogP) is 3.83. The molecular weight excluding hydrogens is 370 g/mol. The summed E-state index contributed by atoms with van der Waals surface area (Å²) in [6, 6.07) is 7.89. The van der Waals surface area contributed by atoms with Crippen LogP contribution in [0.25, 0.3) is 0 Å². The van der Waals surface area contributed by atoms with Crippen molar-refractivity contribution < 1.29 is 19.1 Å². The van der Waals surface area contributed by atoms with Gasteiger partial charge in [0.25, 0.3) is 0 Å². The van der Waals surface area contributed by atoms with E-state index in [0.717, 1.165) is 14.6 Å². The van der Waals surface area contributed by atoms with Crippen LogP contribution < -0.4 is 0 Å². The second-order valence-electron chi connectivity index (χ2n) is 5.79. The summed E-state index contributed by atoms with van der Waals surface area (Å²) in [6.07, 6.45) is 3.52. The highest BCUT2D eigenvalue weighted by molar-refractivity contribution is 7.12. The van der Waals surface area contributed by atoms with Crippen LogP contribution in [0, 0.1) is 6.92 Å². The van der Waals surface area contributed by atoms with Crippen LogP contribution in [-0.4, -0.2) is 31.1 Å². The molecule has 0 saturated heterocycles. The Labute approximate surface area is 160 Å². The van der Waals surface area contributed by atoms with Gasteiger partial charge < -0.3 is 14.4 Å². The number of hydrogen-bond acceptors (Lipinski definition) is 7. The van der Waals surface area contributed by atoms with Gasteiger partial charge in [-0.25, -0.2) is 9.59 Å². The number of thiophene rings is 2. The molecule has 0 unspecified atom stereocenters. The van der Waals surface area contributed by atoms with Gasteiger partial charge in [0.2, 0.25) is 0 Å². The Kier molecular flexibility index (Phi) is 5.58. The molecule has 1 aliphatic heterocycles. The zero-order valence-electron chi connectivity index (χ0n) is 14.7. The zero-order valence-corrected chi connectivity index (χ0v) is 16.4. The molecule has 0 atom stereocenters. The van der Waals surface area contributed by atoms with E-state index >= 15 is 0 Å². The van der Waals surface area contributed by atoms with Crippen LogP contribution >= 0.6 is 22.7 Å². The van der Waals surface area contributed by atoms with E-state index in [-0.39, 0.29) is 0 Å². The highest BCUT2D eigenvalue weighted by Crippen LogP contribution is 2.40. The van der Waals surface area contributed by atoms with E-state index < -0.39 is 17.9 Å². The average Bonchev–Trinajstić information content (AvgIpc) is 3.31. The first kappa shape index (κ1) is 18.4. The molecule has 0 aliphatic carbocycles. The maximum absolute atomic E-state index is 12.5. The summed E-state index contributed by atoms with van der Waals surface area (Å²) in [5.74, 6) is -1.40. The molecule has 5 nitrogen and oxygen atoms in total. The summed E-state index contributed by atoms with van der Waals surface area (Å²) in [6.45, 7) is 2.55. The van der Waals surface area contributed by atoms with Gasteiger partial charge in [-0.2, -0.15) is 0 Å². The molecule has 136 valence electrons. The first-order valence-electron chi connectivity index (χ1n) is 7.98. The quantitative estimate of drug-likeness (QED) is 0.728. The van der Waals surface area contributed by atoms with Crippen LogP contribution in [0.15, 0.2) is 53.2 Å². The van der Waals surface area contributed by atoms with Crippen LogP contribution in [0.2, 0.25) is 0 Å². The first-order chi connectivity index (χ1) is 12.5. The van der Waals surface area contributed by atoms with Crippen molar-refractivity contribution >= 4 is 34.6 Å². The molecule has 2 aromatic rings. The molecule has 0 saturated carbocycles. The third-order valence-corrected chi connectivity index (χ3v) is 5.96. The Morgan fingerprint density at radius 2 is 1.73 bits per heavy atom. The highest BCUT2D eigenvalue weighted by Gasteiger charge is 2.36. The summed E-state index contributed by atoms with van der Waals surface area (Å²) in [5.41, 5.74) is 0.850. The van der Waals surface area contributed by atoms with Crippen molar-refractivity contribution in [2.75, 3.05) is 14.2 Å². The number of rotatable bonds is 5. The molecule has 26 heavy (non-hydrogen) atoms. The Hall–Kier alpha value is -2.38. The summed E-state index contributed by atoms with van der Waals surface area (Å²) in [5, 5.41) is 1.99. The molecule has 0 N–H and O–H groups in total. The minimum absolute atomic E-state index is 0.425. The Morgan fingerprint density at radius 1 is 1.08 bits per heavy atom. The summed E-state index contributed by atoms with van der Waals surface area (Å²) >= 11 is 3.17.